The first-order valence-electron chi connectivity index (χ1n) is 8.45. The predicted molar refractivity (Wildman–Crippen MR) is 83.4 cm³/mol. The zero-order valence-corrected chi connectivity index (χ0v) is 14.1. The van der Waals surface area contributed by atoms with Crippen LogP contribution in [0.2, 0.25) is 0 Å². The molecule has 0 spiro atoms. The maximum absolute atomic E-state index is 12.2. The van der Waals surface area contributed by atoms with E-state index >= 15 is 0 Å². The summed E-state index contributed by atoms with van der Waals surface area (Å²) in [5, 5.41) is 0. The van der Waals surface area contributed by atoms with E-state index in [1.54, 1.807) is 0 Å². The molecule has 1 aliphatic heterocycles. The van der Waals surface area contributed by atoms with Crippen molar-refractivity contribution in [2.75, 3.05) is 19.7 Å². The molecule has 2 fully saturated rings. The maximum Gasteiger partial charge on any atom is 0.410 e. The number of nitrogens with zero attached hydrogens (tertiary/aromatic N) is 1. The summed E-state index contributed by atoms with van der Waals surface area (Å²) in [6.45, 7) is 10.2. The second kappa shape index (κ2) is 6.55. The molecule has 0 aromatic carbocycles. The van der Waals surface area contributed by atoms with Gasteiger partial charge in [-0.15, -0.1) is 0 Å². The minimum Gasteiger partial charge on any atom is -0.444 e. The van der Waals surface area contributed by atoms with Crippen LogP contribution in [0.1, 0.15) is 66.2 Å². The highest BCUT2D eigenvalue weighted by Crippen LogP contribution is 2.33. The lowest BCUT2D eigenvalue weighted by Gasteiger charge is -2.30. The third-order valence-electron chi connectivity index (χ3n) is 4.71. The molecule has 2 aliphatic rings. The average Bonchev–Trinajstić information content (AvgIpc) is 3.05. The molecule has 1 aliphatic carbocycles. The highest BCUT2D eigenvalue weighted by molar-refractivity contribution is 5.68. The first kappa shape index (κ1) is 16.6. The molecule has 122 valence electrons. The molecule has 0 aromatic rings. The lowest BCUT2D eigenvalue weighted by molar-refractivity contribution is -0.0563. The Hall–Kier alpha value is -0.770. The SMILES string of the molecule is CCC1(OCC2CCCC2)CCN(C(=O)OC(C)(C)C)C1. The van der Waals surface area contributed by atoms with Crippen molar-refractivity contribution >= 4 is 6.09 Å². The van der Waals surface area contributed by atoms with E-state index in [1.807, 2.05) is 25.7 Å². The van der Waals surface area contributed by atoms with Crippen molar-refractivity contribution < 1.29 is 14.3 Å². The predicted octanol–water partition coefficient (Wildman–Crippen LogP) is 3.98. The number of likely N-dealkylation sites (tertiary alicyclic amines) is 1. The minimum absolute atomic E-state index is 0.153. The summed E-state index contributed by atoms with van der Waals surface area (Å²) in [5.41, 5.74) is -0.585. The second-order valence-electron chi connectivity index (χ2n) is 7.65. The van der Waals surface area contributed by atoms with Crippen molar-refractivity contribution in [3.63, 3.8) is 0 Å². The fourth-order valence-electron chi connectivity index (χ4n) is 3.31. The van der Waals surface area contributed by atoms with E-state index in [0.717, 1.165) is 31.9 Å². The van der Waals surface area contributed by atoms with Crippen LogP contribution < -0.4 is 0 Å². The van der Waals surface area contributed by atoms with Crippen molar-refractivity contribution in [1.29, 1.82) is 0 Å². The summed E-state index contributed by atoms with van der Waals surface area (Å²) >= 11 is 0. The Morgan fingerprint density at radius 3 is 2.52 bits per heavy atom. The number of carbonyl (C=O) groups excluding carboxylic acids is 1. The van der Waals surface area contributed by atoms with Gasteiger partial charge >= 0.3 is 6.09 Å². The molecule has 1 atom stereocenters. The fraction of sp³-hybridized carbons (Fsp3) is 0.941. The Morgan fingerprint density at radius 2 is 1.95 bits per heavy atom. The number of amides is 1. The summed E-state index contributed by atoms with van der Waals surface area (Å²) in [5.74, 6) is 0.726. The van der Waals surface area contributed by atoms with Crippen LogP contribution in [0.5, 0.6) is 0 Å². The highest BCUT2D eigenvalue weighted by Gasteiger charge is 2.41. The Bertz CT molecular complexity index is 358. The van der Waals surface area contributed by atoms with Gasteiger partial charge in [-0.05, 0) is 52.4 Å². The first-order chi connectivity index (χ1) is 9.84. The van der Waals surface area contributed by atoms with Gasteiger partial charge in [0.1, 0.15) is 5.60 Å². The average molecular weight is 297 g/mol. The number of hydrogen-bond acceptors (Lipinski definition) is 3. The monoisotopic (exact) mass is 297 g/mol. The van der Waals surface area contributed by atoms with Crippen LogP contribution >= 0.6 is 0 Å². The van der Waals surface area contributed by atoms with E-state index in [9.17, 15) is 4.79 Å². The van der Waals surface area contributed by atoms with Gasteiger partial charge in [-0.3, -0.25) is 0 Å². The smallest absolute Gasteiger partial charge is 0.410 e. The van der Waals surface area contributed by atoms with Crippen LogP contribution in [0.4, 0.5) is 4.79 Å². The third kappa shape index (κ3) is 4.60. The van der Waals surface area contributed by atoms with E-state index in [1.165, 1.54) is 25.7 Å². The van der Waals surface area contributed by atoms with Crippen LogP contribution in [-0.2, 0) is 9.47 Å². The molecule has 1 saturated heterocycles. The maximum atomic E-state index is 12.2. The molecule has 0 radical (unpaired) electrons. The summed E-state index contributed by atoms with van der Waals surface area (Å²) in [6.07, 6.45) is 6.97. The van der Waals surface area contributed by atoms with Crippen LogP contribution in [0, 0.1) is 5.92 Å². The molecule has 21 heavy (non-hydrogen) atoms. The van der Waals surface area contributed by atoms with Gasteiger partial charge in [0.2, 0.25) is 0 Å². The Labute approximate surface area is 129 Å². The lowest BCUT2D eigenvalue weighted by Crippen LogP contribution is -2.40. The topological polar surface area (TPSA) is 38.8 Å². The third-order valence-corrected chi connectivity index (χ3v) is 4.71. The second-order valence-corrected chi connectivity index (χ2v) is 7.65. The molecule has 0 aromatic heterocycles. The summed E-state index contributed by atoms with van der Waals surface area (Å²) in [4.78, 5) is 14.0. The van der Waals surface area contributed by atoms with Gasteiger partial charge in [0.15, 0.2) is 0 Å². The van der Waals surface area contributed by atoms with E-state index in [0.29, 0.717) is 6.54 Å². The Kier molecular flexibility index (Phi) is 5.18. The molecule has 1 amide bonds. The van der Waals surface area contributed by atoms with Gasteiger partial charge in [-0.1, -0.05) is 19.8 Å². The molecule has 1 heterocycles. The van der Waals surface area contributed by atoms with Crippen LogP contribution in [0.3, 0.4) is 0 Å². The summed E-state index contributed by atoms with van der Waals surface area (Å²) < 4.78 is 11.8. The molecule has 0 bridgehead atoms. The molecule has 4 heteroatoms. The van der Waals surface area contributed by atoms with Gasteiger partial charge in [0, 0.05) is 6.54 Å². The van der Waals surface area contributed by atoms with Crippen molar-refractivity contribution in [3.8, 4) is 0 Å². The molecule has 1 unspecified atom stereocenters. The van der Waals surface area contributed by atoms with Crippen molar-refractivity contribution in [3.05, 3.63) is 0 Å². The van der Waals surface area contributed by atoms with E-state index in [2.05, 4.69) is 6.92 Å². The van der Waals surface area contributed by atoms with Crippen molar-refractivity contribution in [1.82, 2.24) is 4.90 Å². The van der Waals surface area contributed by atoms with E-state index < -0.39 is 5.60 Å². The number of rotatable bonds is 4. The van der Waals surface area contributed by atoms with Gasteiger partial charge in [-0.2, -0.15) is 0 Å². The lowest BCUT2D eigenvalue weighted by atomic mass is 9.99. The molecule has 0 N–H and O–H groups in total. The Balaban J connectivity index is 1.85. The zero-order valence-electron chi connectivity index (χ0n) is 14.1. The Morgan fingerprint density at radius 1 is 1.29 bits per heavy atom. The van der Waals surface area contributed by atoms with Crippen LogP contribution in [0.25, 0.3) is 0 Å². The van der Waals surface area contributed by atoms with Crippen molar-refractivity contribution in [2.45, 2.75) is 77.4 Å². The molecule has 1 saturated carbocycles. The fourth-order valence-corrected chi connectivity index (χ4v) is 3.31. The minimum atomic E-state index is -0.431. The van der Waals surface area contributed by atoms with E-state index in [4.69, 9.17) is 9.47 Å². The number of ether oxygens (including phenoxy) is 2. The van der Waals surface area contributed by atoms with Gasteiger partial charge in [0.05, 0.1) is 18.8 Å². The van der Waals surface area contributed by atoms with Gasteiger partial charge < -0.3 is 14.4 Å². The first-order valence-corrected chi connectivity index (χ1v) is 8.45. The summed E-state index contributed by atoms with van der Waals surface area (Å²) in [7, 11) is 0. The zero-order chi connectivity index (χ0) is 15.5. The van der Waals surface area contributed by atoms with Crippen molar-refractivity contribution in [2.24, 2.45) is 5.92 Å². The summed E-state index contributed by atoms with van der Waals surface area (Å²) in [6, 6.07) is 0. The van der Waals surface area contributed by atoms with Gasteiger partial charge in [-0.25, -0.2) is 4.79 Å². The van der Waals surface area contributed by atoms with Gasteiger partial charge in [0.25, 0.3) is 0 Å². The van der Waals surface area contributed by atoms with E-state index in [-0.39, 0.29) is 11.7 Å². The highest BCUT2D eigenvalue weighted by atomic mass is 16.6. The van der Waals surface area contributed by atoms with Crippen LogP contribution in [0.15, 0.2) is 0 Å². The molecule has 2 rings (SSSR count). The molecule has 4 nitrogen and oxygen atoms in total. The largest absolute Gasteiger partial charge is 0.444 e. The molecular weight excluding hydrogens is 266 g/mol. The normalized spacial score (nSPS) is 27.3. The quantitative estimate of drug-likeness (QED) is 0.787. The standard InChI is InChI=1S/C17H31NO3/c1-5-17(20-12-14-8-6-7-9-14)10-11-18(13-17)15(19)21-16(2,3)4/h14H,5-13H2,1-4H3. The molecular formula is C17H31NO3. The number of carbonyl (C=O) groups is 1. The number of hydrogen-bond donors (Lipinski definition) is 0. The van der Waals surface area contributed by atoms with Crippen LogP contribution in [-0.4, -0.2) is 41.9 Å².